The molecule has 0 aliphatic heterocycles. The number of nitrogens with two attached hydrogens (primary N) is 2. The summed E-state index contributed by atoms with van der Waals surface area (Å²) in [4.78, 5) is 0. The highest BCUT2D eigenvalue weighted by Crippen LogP contribution is 2.37. The third kappa shape index (κ3) is 2.68. The van der Waals surface area contributed by atoms with Gasteiger partial charge >= 0.3 is 6.36 Å². The highest BCUT2D eigenvalue weighted by molar-refractivity contribution is 9.10. The van der Waals surface area contributed by atoms with Crippen LogP contribution in [0.5, 0.6) is 5.75 Å². The maximum absolute atomic E-state index is 12.0. The van der Waals surface area contributed by atoms with E-state index in [1.807, 2.05) is 0 Å². The number of nitrogen functional groups attached to an aromatic ring is 2. The standard InChI is InChI=1S/C8H8BrF3N2O/c1-3-5(15-8(10,11)12)2-4(9)7(14)6(3)13/h2H,13-14H2,1H3. The summed E-state index contributed by atoms with van der Waals surface area (Å²) in [6.45, 7) is 1.40. The van der Waals surface area contributed by atoms with Crippen LogP contribution in [0.2, 0.25) is 0 Å². The molecule has 0 atom stereocenters. The number of hydrogen-bond donors (Lipinski definition) is 2. The van der Waals surface area contributed by atoms with Crippen molar-refractivity contribution < 1.29 is 17.9 Å². The van der Waals surface area contributed by atoms with Crippen molar-refractivity contribution in [3.8, 4) is 5.75 Å². The zero-order chi connectivity index (χ0) is 11.8. The predicted molar refractivity (Wildman–Crippen MR) is 54.4 cm³/mol. The Bertz CT molecular complexity index is 392. The predicted octanol–water partition coefficient (Wildman–Crippen LogP) is 2.82. The van der Waals surface area contributed by atoms with E-state index in [0.29, 0.717) is 0 Å². The highest BCUT2D eigenvalue weighted by atomic mass is 79.9. The van der Waals surface area contributed by atoms with Gasteiger partial charge in [0, 0.05) is 10.0 Å². The molecule has 0 aliphatic rings. The topological polar surface area (TPSA) is 61.3 Å². The molecule has 0 saturated heterocycles. The Morgan fingerprint density at radius 1 is 1.27 bits per heavy atom. The molecule has 15 heavy (non-hydrogen) atoms. The minimum absolute atomic E-state index is 0.0728. The maximum atomic E-state index is 12.0. The largest absolute Gasteiger partial charge is 0.573 e. The maximum Gasteiger partial charge on any atom is 0.573 e. The van der Waals surface area contributed by atoms with Gasteiger partial charge in [0.05, 0.1) is 11.4 Å². The molecular weight excluding hydrogens is 277 g/mol. The van der Waals surface area contributed by atoms with E-state index >= 15 is 0 Å². The molecule has 3 nitrogen and oxygen atoms in total. The fourth-order valence-electron chi connectivity index (χ4n) is 0.995. The molecule has 0 saturated carbocycles. The molecule has 0 aromatic heterocycles. The number of anilines is 2. The van der Waals surface area contributed by atoms with Crippen LogP contribution in [0, 0.1) is 6.92 Å². The van der Waals surface area contributed by atoms with Crippen molar-refractivity contribution in [1.29, 1.82) is 0 Å². The van der Waals surface area contributed by atoms with Crippen molar-refractivity contribution in [2.75, 3.05) is 11.5 Å². The molecule has 0 aliphatic carbocycles. The van der Waals surface area contributed by atoms with Gasteiger partial charge < -0.3 is 16.2 Å². The van der Waals surface area contributed by atoms with Crippen LogP contribution >= 0.6 is 15.9 Å². The number of ether oxygens (including phenoxy) is 1. The van der Waals surface area contributed by atoms with E-state index in [-0.39, 0.29) is 27.2 Å². The normalized spacial score (nSPS) is 11.5. The summed E-state index contributed by atoms with van der Waals surface area (Å²) in [5, 5.41) is 0. The molecule has 0 heterocycles. The Kier molecular flexibility index (Phi) is 3.03. The zero-order valence-corrected chi connectivity index (χ0v) is 9.24. The molecule has 0 unspecified atom stereocenters. The van der Waals surface area contributed by atoms with E-state index in [0.717, 1.165) is 6.07 Å². The summed E-state index contributed by atoms with van der Waals surface area (Å²) >= 11 is 2.99. The van der Waals surface area contributed by atoms with Crippen molar-refractivity contribution in [1.82, 2.24) is 0 Å². The number of halogens is 4. The molecular formula is C8H8BrF3N2O. The zero-order valence-electron chi connectivity index (χ0n) is 7.65. The summed E-state index contributed by atoms with van der Waals surface area (Å²) in [6.07, 6.45) is -4.74. The molecule has 4 N–H and O–H groups in total. The first kappa shape index (κ1) is 12.0. The molecule has 84 valence electrons. The average molecular weight is 285 g/mol. The third-order valence-electron chi connectivity index (χ3n) is 1.80. The molecule has 1 rings (SSSR count). The van der Waals surface area contributed by atoms with Crippen LogP contribution in [0.1, 0.15) is 5.56 Å². The van der Waals surface area contributed by atoms with Gasteiger partial charge in [-0.2, -0.15) is 0 Å². The van der Waals surface area contributed by atoms with Crippen LogP contribution in [0.4, 0.5) is 24.5 Å². The molecule has 0 fully saturated rings. The number of hydrogen-bond acceptors (Lipinski definition) is 3. The van der Waals surface area contributed by atoms with Crippen LogP contribution in [0.3, 0.4) is 0 Å². The van der Waals surface area contributed by atoms with E-state index < -0.39 is 6.36 Å². The van der Waals surface area contributed by atoms with Gasteiger partial charge in [-0.3, -0.25) is 0 Å². The molecule has 0 radical (unpaired) electrons. The van der Waals surface area contributed by atoms with Crippen LogP contribution in [-0.2, 0) is 0 Å². The summed E-state index contributed by atoms with van der Waals surface area (Å²) in [5.74, 6) is -0.360. The average Bonchev–Trinajstić information content (AvgIpc) is 2.08. The van der Waals surface area contributed by atoms with Crippen molar-refractivity contribution in [3.05, 3.63) is 16.1 Å². The Hall–Kier alpha value is -1.11. The second-order valence-electron chi connectivity index (χ2n) is 2.86. The summed E-state index contributed by atoms with van der Waals surface area (Å²) < 4.78 is 40.0. The lowest BCUT2D eigenvalue weighted by Crippen LogP contribution is -2.18. The van der Waals surface area contributed by atoms with Gasteiger partial charge in [0.2, 0.25) is 0 Å². The van der Waals surface area contributed by atoms with E-state index in [2.05, 4.69) is 20.7 Å². The highest BCUT2D eigenvalue weighted by Gasteiger charge is 2.32. The number of benzene rings is 1. The molecule has 0 amide bonds. The summed E-state index contributed by atoms with van der Waals surface area (Å²) in [6, 6.07) is 1.13. The number of rotatable bonds is 1. The smallest absolute Gasteiger partial charge is 0.405 e. The van der Waals surface area contributed by atoms with Gasteiger partial charge in [-0.15, -0.1) is 13.2 Å². The van der Waals surface area contributed by atoms with Crippen LogP contribution in [0.15, 0.2) is 10.5 Å². The van der Waals surface area contributed by atoms with E-state index in [4.69, 9.17) is 11.5 Å². The van der Waals surface area contributed by atoms with Crippen LogP contribution < -0.4 is 16.2 Å². The Balaban J connectivity index is 3.21. The van der Waals surface area contributed by atoms with Crippen molar-refractivity contribution in [2.45, 2.75) is 13.3 Å². The van der Waals surface area contributed by atoms with Crippen LogP contribution in [-0.4, -0.2) is 6.36 Å². The third-order valence-corrected chi connectivity index (χ3v) is 2.46. The lowest BCUT2D eigenvalue weighted by atomic mass is 10.1. The van der Waals surface area contributed by atoms with Gasteiger partial charge in [-0.05, 0) is 28.9 Å². The van der Waals surface area contributed by atoms with Gasteiger partial charge in [-0.1, -0.05) is 0 Å². The number of alkyl halides is 3. The van der Waals surface area contributed by atoms with E-state index in [1.165, 1.54) is 6.92 Å². The van der Waals surface area contributed by atoms with E-state index in [9.17, 15) is 13.2 Å². The van der Waals surface area contributed by atoms with E-state index in [1.54, 1.807) is 0 Å². The SMILES string of the molecule is Cc1c(OC(F)(F)F)cc(Br)c(N)c1N. The lowest BCUT2D eigenvalue weighted by molar-refractivity contribution is -0.274. The second-order valence-corrected chi connectivity index (χ2v) is 3.71. The monoisotopic (exact) mass is 284 g/mol. The van der Waals surface area contributed by atoms with Gasteiger partial charge in [-0.25, -0.2) is 0 Å². The second kappa shape index (κ2) is 3.80. The summed E-state index contributed by atoms with van der Waals surface area (Å²) in [7, 11) is 0. The Morgan fingerprint density at radius 3 is 2.27 bits per heavy atom. The quantitative estimate of drug-likeness (QED) is 0.780. The molecule has 0 bridgehead atoms. The lowest BCUT2D eigenvalue weighted by Gasteiger charge is -2.15. The Morgan fingerprint density at radius 2 is 1.80 bits per heavy atom. The minimum atomic E-state index is -4.74. The summed E-state index contributed by atoms with van der Waals surface area (Å²) in [5.41, 5.74) is 11.4. The molecule has 0 spiro atoms. The fourth-order valence-corrected chi connectivity index (χ4v) is 1.42. The molecule has 1 aromatic carbocycles. The first-order chi connectivity index (χ1) is 6.72. The fraction of sp³-hybridized carbons (Fsp3) is 0.250. The van der Waals surface area contributed by atoms with Crippen molar-refractivity contribution in [3.63, 3.8) is 0 Å². The first-order valence-corrected chi connectivity index (χ1v) is 4.61. The molecule has 7 heteroatoms. The minimum Gasteiger partial charge on any atom is -0.405 e. The van der Waals surface area contributed by atoms with Gasteiger partial charge in [0.15, 0.2) is 0 Å². The Labute approximate surface area is 92.3 Å². The van der Waals surface area contributed by atoms with Crippen molar-refractivity contribution >= 4 is 27.3 Å². The first-order valence-electron chi connectivity index (χ1n) is 3.82. The molecule has 1 aromatic rings. The van der Waals surface area contributed by atoms with Gasteiger partial charge in [0.1, 0.15) is 5.75 Å². The van der Waals surface area contributed by atoms with Crippen LogP contribution in [0.25, 0.3) is 0 Å². The van der Waals surface area contributed by atoms with Gasteiger partial charge in [0.25, 0.3) is 0 Å². The van der Waals surface area contributed by atoms with Crippen molar-refractivity contribution in [2.24, 2.45) is 0 Å².